The summed E-state index contributed by atoms with van der Waals surface area (Å²) in [4.78, 5) is 23.2. The highest BCUT2D eigenvalue weighted by atomic mass is 32.2. The molecule has 1 aromatic carbocycles. The standard InChI is InChI=1S/C17H15N5O4S/c1-2-9-27-17-19-16(23)14-10-5-3-4-6-11(10)18-15(21(14)20-17)12-7-8-13(26-12)22(24)25/h2-8,14-15,18H,1,9H2,(H,19,20,23)/t14-,15-/m1/s1. The van der Waals surface area contributed by atoms with Crippen molar-refractivity contribution in [1.29, 1.82) is 0 Å². The number of nitrogens with one attached hydrogen (secondary N) is 2. The molecule has 1 amide bonds. The maximum Gasteiger partial charge on any atom is 0.433 e. The van der Waals surface area contributed by atoms with Gasteiger partial charge in [-0.2, -0.15) is 0 Å². The van der Waals surface area contributed by atoms with Gasteiger partial charge < -0.3 is 15.1 Å². The second kappa shape index (κ2) is 6.80. The molecule has 2 aliphatic rings. The van der Waals surface area contributed by atoms with Crippen LogP contribution in [0.25, 0.3) is 0 Å². The van der Waals surface area contributed by atoms with Gasteiger partial charge in [-0.05, 0) is 12.1 Å². The first-order chi connectivity index (χ1) is 13.1. The molecule has 0 spiro atoms. The van der Waals surface area contributed by atoms with Gasteiger partial charge in [-0.15, -0.1) is 11.7 Å². The van der Waals surface area contributed by atoms with E-state index >= 15 is 0 Å². The molecule has 0 fully saturated rings. The normalized spacial score (nSPS) is 20.7. The van der Waals surface area contributed by atoms with Crippen molar-refractivity contribution in [2.75, 3.05) is 11.1 Å². The molecule has 4 rings (SSSR count). The van der Waals surface area contributed by atoms with Crippen molar-refractivity contribution in [1.82, 2.24) is 10.3 Å². The number of para-hydroxylation sites is 1. The maximum atomic E-state index is 12.8. The molecule has 0 bridgehead atoms. The Balaban J connectivity index is 1.79. The quantitative estimate of drug-likeness (QED) is 0.472. The van der Waals surface area contributed by atoms with E-state index in [1.54, 1.807) is 11.1 Å². The topological polar surface area (TPSA) is 113 Å². The number of benzene rings is 1. The summed E-state index contributed by atoms with van der Waals surface area (Å²) < 4.78 is 5.37. The largest absolute Gasteiger partial charge is 0.433 e. The van der Waals surface area contributed by atoms with Gasteiger partial charge in [-0.25, -0.2) is 5.01 Å². The highest BCUT2D eigenvalue weighted by Crippen LogP contribution is 2.43. The molecule has 3 heterocycles. The van der Waals surface area contributed by atoms with E-state index in [1.807, 2.05) is 24.3 Å². The minimum absolute atomic E-state index is 0.225. The zero-order valence-corrected chi connectivity index (χ0v) is 14.8. The number of nitro groups is 1. The first-order valence-electron chi connectivity index (χ1n) is 8.09. The lowest BCUT2D eigenvalue weighted by molar-refractivity contribution is -0.402. The number of anilines is 1. The first kappa shape index (κ1) is 17.2. The average molecular weight is 385 g/mol. The van der Waals surface area contributed by atoms with Crippen LogP contribution in [0.15, 0.2) is 58.6 Å². The Morgan fingerprint density at radius 1 is 1.37 bits per heavy atom. The molecule has 2 aromatic rings. The van der Waals surface area contributed by atoms with Crippen molar-refractivity contribution >= 4 is 34.4 Å². The summed E-state index contributed by atoms with van der Waals surface area (Å²) in [5, 5.41) is 23.6. The van der Waals surface area contributed by atoms with Crippen LogP contribution in [0.1, 0.15) is 23.5 Å². The number of amidine groups is 1. The third-order valence-electron chi connectivity index (χ3n) is 4.16. The summed E-state index contributed by atoms with van der Waals surface area (Å²) in [6.07, 6.45) is 1.05. The Hall–Kier alpha value is -3.27. The van der Waals surface area contributed by atoms with Crippen molar-refractivity contribution in [2.45, 2.75) is 12.2 Å². The maximum absolute atomic E-state index is 12.8. The summed E-state index contributed by atoms with van der Waals surface area (Å²) in [7, 11) is 0. The number of fused-ring (bicyclic) bond motifs is 3. The smallest absolute Gasteiger partial charge is 0.401 e. The van der Waals surface area contributed by atoms with E-state index in [9.17, 15) is 14.9 Å². The summed E-state index contributed by atoms with van der Waals surface area (Å²) in [5.41, 5.74) is 1.51. The number of carbonyl (C=O) groups excluding carboxylic acids is 1. The monoisotopic (exact) mass is 385 g/mol. The van der Waals surface area contributed by atoms with Gasteiger partial charge in [0.15, 0.2) is 23.1 Å². The summed E-state index contributed by atoms with van der Waals surface area (Å²) in [5.74, 6) is 0.289. The molecular weight excluding hydrogens is 370 g/mol. The molecule has 2 aliphatic heterocycles. The number of hydrogen-bond acceptors (Lipinski definition) is 8. The number of hydrogen-bond donors (Lipinski definition) is 2. The number of hydrazone groups is 1. The van der Waals surface area contributed by atoms with E-state index < -0.39 is 17.1 Å². The highest BCUT2D eigenvalue weighted by molar-refractivity contribution is 8.14. The third kappa shape index (κ3) is 3.04. The molecule has 1 aromatic heterocycles. The zero-order chi connectivity index (χ0) is 19.0. The Morgan fingerprint density at radius 3 is 2.93 bits per heavy atom. The minimum Gasteiger partial charge on any atom is -0.401 e. The van der Waals surface area contributed by atoms with E-state index in [0.29, 0.717) is 16.7 Å². The molecule has 0 aliphatic carbocycles. The molecule has 9 nitrogen and oxygen atoms in total. The van der Waals surface area contributed by atoms with Gasteiger partial charge in [0, 0.05) is 17.0 Å². The van der Waals surface area contributed by atoms with Gasteiger partial charge in [-0.1, -0.05) is 36.0 Å². The lowest BCUT2D eigenvalue weighted by Gasteiger charge is -2.42. The number of carbonyl (C=O) groups is 1. The van der Waals surface area contributed by atoms with E-state index in [-0.39, 0.29) is 11.8 Å². The Morgan fingerprint density at radius 2 is 2.19 bits per heavy atom. The number of nitrogens with zero attached hydrogens (tertiary/aromatic N) is 3. The predicted molar refractivity (Wildman–Crippen MR) is 101 cm³/mol. The van der Waals surface area contributed by atoms with Crippen molar-refractivity contribution in [3.63, 3.8) is 0 Å². The van der Waals surface area contributed by atoms with Gasteiger partial charge in [0.2, 0.25) is 0 Å². The fourth-order valence-corrected chi connectivity index (χ4v) is 3.64. The number of rotatable bonds is 4. The zero-order valence-electron chi connectivity index (χ0n) is 14.0. The van der Waals surface area contributed by atoms with Gasteiger partial charge in [0.25, 0.3) is 5.91 Å². The third-order valence-corrected chi connectivity index (χ3v) is 5.02. The first-order valence-corrected chi connectivity index (χ1v) is 9.08. The second-order valence-corrected chi connectivity index (χ2v) is 6.85. The molecule has 0 radical (unpaired) electrons. The summed E-state index contributed by atoms with van der Waals surface area (Å²) in [6.45, 7) is 3.66. The molecular formula is C17H15N5O4S. The Bertz CT molecular complexity index is 956. The van der Waals surface area contributed by atoms with Crippen LogP contribution in [0.3, 0.4) is 0 Å². The predicted octanol–water partition coefficient (Wildman–Crippen LogP) is 2.98. The van der Waals surface area contributed by atoms with Gasteiger partial charge in [-0.3, -0.25) is 14.9 Å². The lowest BCUT2D eigenvalue weighted by Crippen LogP contribution is -2.50. The summed E-state index contributed by atoms with van der Waals surface area (Å²) in [6, 6.07) is 9.50. The van der Waals surface area contributed by atoms with E-state index in [2.05, 4.69) is 22.3 Å². The highest BCUT2D eigenvalue weighted by Gasteiger charge is 2.43. The second-order valence-electron chi connectivity index (χ2n) is 5.84. The van der Waals surface area contributed by atoms with Crippen LogP contribution in [0.2, 0.25) is 0 Å². The fraction of sp³-hybridized carbons (Fsp3) is 0.176. The van der Waals surface area contributed by atoms with Crippen LogP contribution in [-0.4, -0.2) is 26.8 Å². The molecule has 2 atom stereocenters. The van der Waals surface area contributed by atoms with E-state index in [4.69, 9.17) is 4.42 Å². The van der Waals surface area contributed by atoms with Crippen molar-refractivity contribution in [2.24, 2.45) is 5.10 Å². The molecule has 27 heavy (non-hydrogen) atoms. The van der Waals surface area contributed by atoms with Crippen LogP contribution < -0.4 is 10.6 Å². The van der Waals surface area contributed by atoms with Crippen molar-refractivity contribution in [3.05, 3.63) is 70.5 Å². The van der Waals surface area contributed by atoms with Gasteiger partial charge >= 0.3 is 5.88 Å². The van der Waals surface area contributed by atoms with Gasteiger partial charge in [0.05, 0.1) is 6.07 Å². The summed E-state index contributed by atoms with van der Waals surface area (Å²) >= 11 is 1.34. The molecule has 138 valence electrons. The van der Waals surface area contributed by atoms with E-state index in [0.717, 1.165) is 11.3 Å². The van der Waals surface area contributed by atoms with Crippen LogP contribution >= 0.6 is 11.8 Å². The number of amides is 1. The molecule has 0 saturated heterocycles. The van der Waals surface area contributed by atoms with Crippen LogP contribution in [-0.2, 0) is 4.79 Å². The Labute approximate surface area is 158 Å². The average Bonchev–Trinajstić information content (AvgIpc) is 3.15. The molecule has 2 N–H and O–H groups in total. The van der Waals surface area contributed by atoms with Crippen LogP contribution in [0.4, 0.5) is 11.6 Å². The van der Waals surface area contributed by atoms with Crippen molar-refractivity contribution in [3.8, 4) is 0 Å². The van der Waals surface area contributed by atoms with Gasteiger partial charge in [0.1, 0.15) is 4.92 Å². The lowest BCUT2D eigenvalue weighted by atomic mass is 9.99. The number of furan rings is 1. The van der Waals surface area contributed by atoms with E-state index in [1.165, 1.54) is 23.9 Å². The van der Waals surface area contributed by atoms with Crippen molar-refractivity contribution < 1.29 is 14.1 Å². The Kier molecular flexibility index (Phi) is 4.32. The number of thioether (sulfide) groups is 1. The van der Waals surface area contributed by atoms with Crippen LogP contribution in [0, 0.1) is 10.1 Å². The fourth-order valence-electron chi connectivity index (χ4n) is 3.04. The SMILES string of the molecule is C=CCSC1=NN2[C@H](c3ccc([N+](=O)[O-])o3)Nc3ccccc3[C@@H]2C(=O)N1. The minimum atomic E-state index is -0.676. The molecule has 0 saturated carbocycles. The van der Waals surface area contributed by atoms with Crippen LogP contribution in [0.5, 0.6) is 0 Å². The molecule has 10 heteroatoms. The molecule has 0 unspecified atom stereocenters.